The number of hydrogen-bond acceptors (Lipinski definition) is 5. The van der Waals surface area contributed by atoms with Crippen LogP contribution in [0.2, 0.25) is 4.34 Å². The zero-order valence-electron chi connectivity index (χ0n) is 11.7. The lowest BCUT2D eigenvalue weighted by atomic mass is 10.2. The van der Waals surface area contributed by atoms with E-state index in [4.69, 9.17) is 11.6 Å². The molecule has 6 nitrogen and oxygen atoms in total. The van der Waals surface area contributed by atoms with Crippen LogP contribution in [-0.4, -0.2) is 25.2 Å². The van der Waals surface area contributed by atoms with E-state index < -0.39 is 10.0 Å². The number of hydrogen-bond donors (Lipinski definition) is 3. The summed E-state index contributed by atoms with van der Waals surface area (Å²) in [5.74, 6) is 0. The largest absolute Gasteiger partial charge is 0.313 e. The fourth-order valence-electron chi connectivity index (χ4n) is 1.79. The summed E-state index contributed by atoms with van der Waals surface area (Å²) in [6, 6.07) is 3.54. The molecule has 2 rings (SSSR count). The number of thiophene rings is 1. The summed E-state index contributed by atoms with van der Waals surface area (Å²) in [4.78, 5) is 0.851. The van der Waals surface area contributed by atoms with Gasteiger partial charge in [-0.3, -0.25) is 5.10 Å². The van der Waals surface area contributed by atoms with Gasteiger partial charge >= 0.3 is 0 Å². The van der Waals surface area contributed by atoms with Crippen molar-refractivity contribution < 1.29 is 8.42 Å². The minimum absolute atomic E-state index is 0.0450. The maximum absolute atomic E-state index is 12.4. The number of halogens is 1. The maximum atomic E-state index is 12.4. The summed E-state index contributed by atoms with van der Waals surface area (Å²) < 4.78 is 27.9. The molecule has 0 bridgehead atoms. The Hall–Kier alpha value is -0.930. The number of aromatic amines is 1. The highest BCUT2D eigenvalue weighted by Crippen LogP contribution is 2.22. The quantitative estimate of drug-likeness (QED) is 0.714. The first-order valence-electron chi connectivity index (χ1n) is 6.42. The summed E-state index contributed by atoms with van der Waals surface area (Å²) in [5, 5.41) is 9.81. The lowest BCUT2D eigenvalue weighted by molar-refractivity contribution is 0.574. The molecule has 0 aromatic carbocycles. The molecule has 2 aromatic heterocycles. The van der Waals surface area contributed by atoms with Crippen LogP contribution >= 0.6 is 22.9 Å². The number of H-pyrrole nitrogens is 1. The van der Waals surface area contributed by atoms with Crippen molar-refractivity contribution in [2.45, 2.75) is 32.0 Å². The molecule has 0 aliphatic carbocycles. The number of rotatable bonds is 7. The number of nitrogens with zero attached hydrogens (tertiary/aromatic N) is 1. The molecule has 0 unspecified atom stereocenters. The number of aromatic nitrogens is 2. The molecule has 0 fully saturated rings. The first kappa shape index (κ1) is 16.4. The molecule has 0 aliphatic rings. The van der Waals surface area contributed by atoms with Gasteiger partial charge in [-0.15, -0.1) is 11.3 Å². The fourth-order valence-corrected chi connectivity index (χ4v) is 4.11. The third kappa shape index (κ3) is 4.04. The SMILES string of the molecule is CCNCc1c(S(=O)(=O)NCc2ccc(Cl)s2)n[nH]c1C. The normalized spacial score (nSPS) is 12.0. The standard InChI is InChI=1S/C12H17ClN4O2S2/c1-3-14-7-10-8(2)16-17-12(10)21(18,19)15-6-9-4-5-11(13)20-9/h4-5,14-15H,3,6-7H2,1-2H3,(H,16,17). The van der Waals surface area contributed by atoms with Gasteiger partial charge in [0.15, 0.2) is 5.03 Å². The van der Waals surface area contributed by atoms with E-state index in [0.29, 0.717) is 16.4 Å². The molecule has 3 N–H and O–H groups in total. The van der Waals surface area contributed by atoms with Gasteiger partial charge in [-0.05, 0) is 25.6 Å². The average Bonchev–Trinajstić information content (AvgIpc) is 3.01. The summed E-state index contributed by atoms with van der Waals surface area (Å²) in [7, 11) is -3.66. The Labute approximate surface area is 133 Å². The minimum Gasteiger partial charge on any atom is -0.313 e. The molecule has 0 saturated carbocycles. The summed E-state index contributed by atoms with van der Waals surface area (Å²) in [5.41, 5.74) is 1.41. The van der Waals surface area contributed by atoms with Gasteiger partial charge in [0.1, 0.15) is 0 Å². The number of sulfonamides is 1. The van der Waals surface area contributed by atoms with Crippen LogP contribution < -0.4 is 10.0 Å². The highest BCUT2D eigenvalue weighted by molar-refractivity contribution is 7.89. The second-order valence-corrected chi connectivity index (χ2v) is 7.92. The molecule has 116 valence electrons. The molecule has 0 radical (unpaired) electrons. The molecule has 0 atom stereocenters. The van der Waals surface area contributed by atoms with Crippen LogP contribution in [0.5, 0.6) is 0 Å². The highest BCUT2D eigenvalue weighted by atomic mass is 35.5. The Morgan fingerprint density at radius 2 is 2.14 bits per heavy atom. The van der Waals surface area contributed by atoms with E-state index in [1.165, 1.54) is 11.3 Å². The third-order valence-corrected chi connectivity index (χ3v) is 5.51. The Bertz CT molecular complexity index is 709. The van der Waals surface area contributed by atoms with Crippen LogP contribution in [0.3, 0.4) is 0 Å². The van der Waals surface area contributed by atoms with Crippen molar-refractivity contribution in [3.05, 3.63) is 32.6 Å². The third-order valence-electron chi connectivity index (χ3n) is 2.91. The zero-order valence-corrected chi connectivity index (χ0v) is 14.1. The van der Waals surface area contributed by atoms with E-state index in [1.807, 2.05) is 6.92 Å². The Kier molecular flexibility index (Phi) is 5.39. The molecule has 0 saturated heterocycles. The second-order valence-electron chi connectivity index (χ2n) is 4.44. The van der Waals surface area contributed by atoms with Crippen molar-refractivity contribution in [3.63, 3.8) is 0 Å². The van der Waals surface area contributed by atoms with E-state index in [9.17, 15) is 8.42 Å². The van der Waals surface area contributed by atoms with Crippen LogP contribution in [-0.2, 0) is 23.1 Å². The topological polar surface area (TPSA) is 86.9 Å². The highest BCUT2D eigenvalue weighted by Gasteiger charge is 2.23. The molecular formula is C12H17ClN4O2S2. The van der Waals surface area contributed by atoms with Gasteiger partial charge in [0, 0.05) is 29.2 Å². The van der Waals surface area contributed by atoms with Crippen molar-refractivity contribution in [2.75, 3.05) is 6.54 Å². The Balaban J connectivity index is 2.15. The molecule has 0 aliphatic heterocycles. The molecule has 0 amide bonds. The summed E-state index contributed by atoms with van der Waals surface area (Å²) >= 11 is 7.17. The van der Waals surface area contributed by atoms with Gasteiger partial charge in [0.25, 0.3) is 10.0 Å². The minimum atomic E-state index is -3.66. The maximum Gasteiger partial charge on any atom is 0.260 e. The molecule has 21 heavy (non-hydrogen) atoms. The van der Waals surface area contributed by atoms with Crippen molar-refractivity contribution in [3.8, 4) is 0 Å². The van der Waals surface area contributed by atoms with Crippen molar-refractivity contribution in [1.82, 2.24) is 20.2 Å². The van der Waals surface area contributed by atoms with Crippen LogP contribution in [0, 0.1) is 6.92 Å². The first-order chi connectivity index (χ1) is 9.94. The average molecular weight is 349 g/mol. The Morgan fingerprint density at radius 1 is 1.38 bits per heavy atom. The van der Waals surface area contributed by atoms with E-state index in [0.717, 1.165) is 17.1 Å². The van der Waals surface area contributed by atoms with Crippen molar-refractivity contribution in [2.24, 2.45) is 0 Å². The molecule has 0 spiro atoms. The Morgan fingerprint density at radius 3 is 2.76 bits per heavy atom. The van der Waals surface area contributed by atoms with Gasteiger partial charge < -0.3 is 5.32 Å². The van der Waals surface area contributed by atoms with Crippen LogP contribution in [0.25, 0.3) is 0 Å². The van der Waals surface area contributed by atoms with E-state index in [1.54, 1.807) is 19.1 Å². The van der Waals surface area contributed by atoms with E-state index in [-0.39, 0.29) is 11.6 Å². The molecule has 2 heterocycles. The summed E-state index contributed by atoms with van der Waals surface area (Å²) in [6.45, 7) is 5.18. The van der Waals surface area contributed by atoms with Crippen LogP contribution in [0.1, 0.15) is 23.1 Å². The lowest BCUT2D eigenvalue weighted by Gasteiger charge is -2.06. The van der Waals surface area contributed by atoms with Gasteiger partial charge in [-0.2, -0.15) is 5.10 Å². The predicted molar refractivity (Wildman–Crippen MR) is 84.1 cm³/mol. The second kappa shape index (κ2) is 6.89. The monoisotopic (exact) mass is 348 g/mol. The fraction of sp³-hybridized carbons (Fsp3) is 0.417. The van der Waals surface area contributed by atoms with Crippen molar-refractivity contribution in [1.29, 1.82) is 0 Å². The smallest absolute Gasteiger partial charge is 0.260 e. The number of aryl methyl sites for hydroxylation is 1. The van der Waals surface area contributed by atoms with E-state index >= 15 is 0 Å². The lowest BCUT2D eigenvalue weighted by Crippen LogP contribution is -2.25. The molecular weight excluding hydrogens is 332 g/mol. The van der Waals surface area contributed by atoms with Gasteiger partial charge in [-0.1, -0.05) is 18.5 Å². The molecule has 2 aromatic rings. The van der Waals surface area contributed by atoms with Gasteiger partial charge in [0.2, 0.25) is 0 Å². The molecule has 9 heteroatoms. The van der Waals surface area contributed by atoms with Crippen molar-refractivity contribution >= 4 is 33.0 Å². The number of nitrogens with one attached hydrogen (secondary N) is 3. The first-order valence-corrected chi connectivity index (χ1v) is 9.10. The predicted octanol–water partition coefficient (Wildman–Crippen LogP) is 2.02. The van der Waals surface area contributed by atoms with Crippen LogP contribution in [0.4, 0.5) is 0 Å². The van der Waals surface area contributed by atoms with Crippen LogP contribution in [0.15, 0.2) is 17.2 Å². The van der Waals surface area contributed by atoms with Gasteiger partial charge in [0.05, 0.1) is 4.34 Å². The van der Waals surface area contributed by atoms with Gasteiger partial charge in [-0.25, -0.2) is 13.1 Å². The zero-order chi connectivity index (χ0) is 15.5. The summed E-state index contributed by atoms with van der Waals surface area (Å²) in [6.07, 6.45) is 0. The van der Waals surface area contributed by atoms with E-state index in [2.05, 4.69) is 20.2 Å².